The molecule has 0 aromatic heterocycles. The average Bonchev–Trinajstić information content (AvgIpc) is 2.14. The number of hydrogen-bond acceptors (Lipinski definition) is 2. The van der Waals surface area contributed by atoms with E-state index in [9.17, 15) is 4.79 Å². The molecule has 1 aliphatic rings. The second-order valence-corrected chi connectivity index (χ2v) is 1.53. The Labute approximate surface area is 42.3 Å². The number of nitrogens with zero attached hydrogens (tertiary/aromatic N) is 1. The van der Waals surface area contributed by atoms with Crippen molar-refractivity contribution in [3.8, 4) is 0 Å². The first-order valence-electron chi connectivity index (χ1n) is 2.35. The van der Waals surface area contributed by atoms with Crippen molar-refractivity contribution in [1.29, 1.82) is 0 Å². The predicted molar refractivity (Wildman–Crippen MR) is 27.2 cm³/mol. The van der Waals surface area contributed by atoms with Crippen molar-refractivity contribution in [2.45, 2.75) is 12.8 Å². The van der Waals surface area contributed by atoms with Crippen molar-refractivity contribution in [2.75, 3.05) is 6.54 Å². The van der Waals surface area contributed by atoms with Gasteiger partial charge in [-0.1, -0.05) is 0 Å². The average molecular weight is 96.1 g/mol. The molecule has 0 aromatic rings. The summed E-state index contributed by atoms with van der Waals surface area (Å²) in [6.45, 7) is 0.824. The zero-order valence-corrected chi connectivity index (χ0v) is 3.98. The minimum absolute atomic E-state index is 0.611. The third-order valence-electron chi connectivity index (χ3n) is 0.992. The standard InChI is InChI=1S/C5H6NO/c7-4-5-2-1-3-6-5/h1-3H2. The molecule has 7 heavy (non-hydrogen) atoms. The second-order valence-electron chi connectivity index (χ2n) is 1.53. The van der Waals surface area contributed by atoms with Gasteiger partial charge in [0.15, 0.2) is 0 Å². The van der Waals surface area contributed by atoms with Gasteiger partial charge in [-0.3, -0.25) is 9.79 Å². The van der Waals surface area contributed by atoms with Crippen LogP contribution in [0.4, 0.5) is 0 Å². The van der Waals surface area contributed by atoms with Crippen LogP contribution in [0.5, 0.6) is 0 Å². The highest BCUT2D eigenvalue weighted by Crippen LogP contribution is 2.00. The number of rotatable bonds is 1. The van der Waals surface area contributed by atoms with Crippen LogP contribution in [0.15, 0.2) is 4.99 Å². The first-order chi connectivity index (χ1) is 3.43. The topological polar surface area (TPSA) is 29.4 Å². The fraction of sp³-hybridized carbons (Fsp3) is 0.600. The Bertz CT molecular complexity index is 107. The van der Waals surface area contributed by atoms with Gasteiger partial charge in [-0.25, -0.2) is 0 Å². The molecule has 0 aromatic carbocycles. The predicted octanol–water partition coefficient (Wildman–Crippen LogP) is 0.331. The summed E-state index contributed by atoms with van der Waals surface area (Å²) in [5, 5.41) is 0. The number of aliphatic imine (C=N–C) groups is 1. The summed E-state index contributed by atoms with van der Waals surface area (Å²) in [4.78, 5) is 13.6. The van der Waals surface area contributed by atoms with Gasteiger partial charge in [-0.15, -0.1) is 0 Å². The van der Waals surface area contributed by atoms with Crippen molar-refractivity contribution in [1.82, 2.24) is 0 Å². The Morgan fingerprint density at radius 1 is 1.71 bits per heavy atom. The maximum Gasteiger partial charge on any atom is 0.248 e. The minimum Gasteiger partial charge on any atom is -0.286 e. The molecule has 2 heteroatoms. The van der Waals surface area contributed by atoms with Gasteiger partial charge >= 0.3 is 0 Å². The largest absolute Gasteiger partial charge is 0.286 e. The van der Waals surface area contributed by atoms with Crippen LogP contribution in [0.1, 0.15) is 12.8 Å². The Morgan fingerprint density at radius 3 is 2.86 bits per heavy atom. The van der Waals surface area contributed by atoms with E-state index in [1.54, 1.807) is 6.29 Å². The lowest BCUT2D eigenvalue weighted by Crippen LogP contribution is -1.90. The summed E-state index contributed by atoms with van der Waals surface area (Å²) in [5.74, 6) is 0. The summed E-state index contributed by atoms with van der Waals surface area (Å²) in [6, 6.07) is 0. The van der Waals surface area contributed by atoms with E-state index < -0.39 is 0 Å². The highest BCUT2D eigenvalue weighted by molar-refractivity contribution is 6.29. The van der Waals surface area contributed by atoms with Gasteiger partial charge in [-0.2, -0.15) is 0 Å². The van der Waals surface area contributed by atoms with Crippen molar-refractivity contribution < 1.29 is 4.79 Å². The molecule has 0 aliphatic carbocycles. The maximum atomic E-state index is 9.75. The van der Waals surface area contributed by atoms with E-state index in [1.807, 2.05) is 0 Å². The zero-order valence-electron chi connectivity index (χ0n) is 3.98. The Morgan fingerprint density at radius 2 is 2.57 bits per heavy atom. The lowest BCUT2D eigenvalue weighted by Gasteiger charge is -1.74. The molecule has 1 rings (SSSR count). The van der Waals surface area contributed by atoms with Crippen LogP contribution in [-0.2, 0) is 4.79 Å². The van der Waals surface area contributed by atoms with Gasteiger partial charge in [0.1, 0.15) is 0 Å². The third kappa shape index (κ3) is 0.856. The van der Waals surface area contributed by atoms with Crippen LogP contribution in [0.25, 0.3) is 0 Å². The first kappa shape index (κ1) is 4.50. The highest BCUT2D eigenvalue weighted by atomic mass is 16.1. The second kappa shape index (κ2) is 1.87. The van der Waals surface area contributed by atoms with Gasteiger partial charge < -0.3 is 0 Å². The van der Waals surface area contributed by atoms with Crippen LogP contribution in [0.3, 0.4) is 0 Å². The lowest BCUT2D eigenvalue weighted by atomic mass is 10.3. The van der Waals surface area contributed by atoms with Gasteiger partial charge in [0, 0.05) is 6.54 Å². The van der Waals surface area contributed by atoms with Crippen LogP contribution >= 0.6 is 0 Å². The maximum absolute atomic E-state index is 9.75. The Hall–Kier alpha value is -0.660. The van der Waals surface area contributed by atoms with Crippen LogP contribution in [-0.4, -0.2) is 18.5 Å². The molecule has 0 saturated carbocycles. The van der Waals surface area contributed by atoms with Crippen molar-refractivity contribution in [3.05, 3.63) is 0 Å². The fourth-order valence-electron chi connectivity index (χ4n) is 0.623. The molecule has 1 aliphatic heterocycles. The molecule has 0 fully saturated rings. The monoisotopic (exact) mass is 96.0 g/mol. The van der Waals surface area contributed by atoms with Gasteiger partial charge in [0.2, 0.25) is 6.29 Å². The molecule has 0 spiro atoms. The smallest absolute Gasteiger partial charge is 0.248 e. The summed E-state index contributed by atoms with van der Waals surface area (Å²) < 4.78 is 0. The normalized spacial score (nSPS) is 19.1. The fourth-order valence-corrected chi connectivity index (χ4v) is 0.623. The number of hydrogen-bond donors (Lipinski definition) is 0. The van der Waals surface area contributed by atoms with Crippen molar-refractivity contribution in [2.24, 2.45) is 4.99 Å². The summed E-state index contributed by atoms with van der Waals surface area (Å²) >= 11 is 0. The van der Waals surface area contributed by atoms with E-state index in [2.05, 4.69) is 4.99 Å². The Kier molecular flexibility index (Phi) is 1.20. The summed E-state index contributed by atoms with van der Waals surface area (Å²) in [5.41, 5.74) is 0.611. The van der Waals surface area contributed by atoms with Crippen LogP contribution in [0, 0.1) is 0 Å². The minimum atomic E-state index is 0.611. The number of carbonyl (C=O) groups excluding carboxylic acids is 1. The molecule has 0 N–H and O–H groups in total. The quantitative estimate of drug-likeness (QED) is 0.462. The van der Waals surface area contributed by atoms with Gasteiger partial charge in [-0.05, 0) is 12.8 Å². The molecule has 1 heterocycles. The molecular weight excluding hydrogens is 90.1 g/mol. The highest BCUT2D eigenvalue weighted by Gasteiger charge is 2.03. The van der Waals surface area contributed by atoms with E-state index in [-0.39, 0.29) is 0 Å². The SMILES string of the molecule is O=[C]C1=NCCC1. The molecule has 0 amide bonds. The summed E-state index contributed by atoms with van der Waals surface area (Å²) in [6.07, 6.45) is 3.63. The molecule has 2 nitrogen and oxygen atoms in total. The van der Waals surface area contributed by atoms with E-state index in [0.717, 1.165) is 19.4 Å². The van der Waals surface area contributed by atoms with Crippen LogP contribution in [0.2, 0.25) is 0 Å². The molecule has 37 valence electrons. The molecular formula is C5H6NO. The van der Waals surface area contributed by atoms with E-state index >= 15 is 0 Å². The lowest BCUT2D eigenvalue weighted by molar-refractivity contribution is 0.566. The van der Waals surface area contributed by atoms with Gasteiger partial charge in [0.05, 0.1) is 5.71 Å². The molecule has 0 bridgehead atoms. The van der Waals surface area contributed by atoms with E-state index in [0.29, 0.717) is 5.71 Å². The molecule has 0 atom stereocenters. The van der Waals surface area contributed by atoms with Gasteiger partial charge in [0.25, 0.3) is 0 Å². The molecule has 1 radical (unpaired) electrons. The van der Waals surface area contributed by atoms with E-state index in [4.69, 9.17) is 0 Å². The van der Waals surface area contributed by atoms with Crippen molar-refractivity contribution >= 4 is 12.0 Å². The molecule has 0 unspecified atom stereocenters. The first-order valence-corrected chi connectivity index (χ1v) is 2.35. The van der Waals surface area contributed by atoms with E-state index in [1.165, 1.54) is 0 Å². The third-order valence-corrected chi connectivity index (χ3v) is 0.992. The van der Waals surface area contributed by atoms with Crippen LogP contribution < -0.4 is 0 Å². The zero-order chi connectivity index (χ0) is 5.11. The van der Waals surface area contributed by atoms with Crippen molar-refractivity contribution in [3.63, 3.8) is 0 Å². The summed E-state index contributed by atoms with van der Waals surface area (Å²) in [7, 11) is 0. The molecule has 0 saturated heterocycles. The Balaban J connectivity index is 2.51.